The first-order chi connectivity index (χ1) is 8.72. The molecular weight excluding hydrogens is 226 g/mol. The fourth-order valence-electron chi connectivity index (χ4n) is 2.12. The number of fused-ring (bicyclic) bond motifs is 1. The Labute approximate surface area is 106 Å². The van der Waals surface area contributed by atoms with Crippen molar-refractivity contribution in [1.82, 2.24) is 20.0 Å². The quantitative estimate of drug-likeness (QED) is 0.830. The number of pyridine rings is 1. The Hall–Kier alpha value is -2.04. The molecule has 0 spiro atoms. The summed E-state index contributed by atoms with van der Waals surface area (Å²) in [5.41, 5.74) is 3.20. The number of hydrogen-bond donors (Lipinski definition) is 2. The van der Waals surface area contributed by atoms with Crippen LogP contribution >= 0.6 is 0 Å². The van der Waals surface area contributed by atoms with E-state index >= 15 is 0 Å². The van der Waals surface area contributed by atoms with Gasteiger partial charge in [-0.15, -0.1) is 0 Å². The lowest BCUT2D eigenvalue weighted by atomic mass is 10.4. The molecule has 3 rings (SSSR count). The van der Waals surface area contributed by atoms with Gasteiger partial charge in [0, 0.05) is 17.9 Å². The van der Waals surface area contributed by atoms with Crippen molar-refractivity contribution in [3.63, 3.8) is 0 Å². The van der Waals surface area contributed by atoms with Crippen LogP contribution < -0.4 is 10.6 Å². The lowest BCUT2D eigenvalue weighted by molar-refractivity contribution is 0.712. The van der Waals surface area contributed by atoms with E-state index < -0.39 is 0 Å². The minimum atomic E-state index is 0.427. The van der Waals surface area contributed by atoms with Crippen molar-refractivity contribution >= 4 is 11.6 Å². The van der Waals surface area contributed by atoms with Crippen LogP contribution in [0.25, 0.3) is 5.65 Å². The Balaban J connectivity index is 1.73. The van der Waals surface area contributed by atoms with E-state index in [2.05, 4.69) is 51.1 Å². The summed E-state index contributed by atoms with van der Waals surface area (Å²) in [5, 5.41) is 6.55. The number of guanidine groups is 1. The number of rotatable bonds is 2. The summed E-state index contributed by atoms with van der Waals surface area (Å²) in [5.74, 6) is 0.872. The van der Waals surface area contributed by atoms with Gasteiger partial charge in [-0.25, -0.2) is 4.98 Å². The summed E-state index contributed by atoms with van der Waals surface area (Å²) in [6.45, 7) is 5.73. The number of nitrogens with one attached hydrogen (secondary N) is 2. The highest BCUT2D eigenvalue weighted by atomic mass is 15.2. The average Bonchev–Trinajstić information content (AvgIpc) is 2.93. The van der Waals surface area contributed by atoms with E-state index in [1.807, 2.05) is 12.1 Å². The molecule has 0 fully saturated rings. The first kappa shape index (κ1) is 11.1. The van der Waals surface area contributed by atoms with E-state index in [9.17, 15) is 0 Å². The van der Waals surface area contributed by atoms with E-state index in [1.165, 1.54) is 5.69 Å². The van der Waals surface area contributed by atoms with Crippen LogP contribution in [0.3, 0.4) is 0 Å². The topological polar surface area (TPSA) is 53.7 Å². The second-order valence-corrected chi connectivity index (χ2v) is 4.72. The monoisotopic (exact) mass is 243 g/mol. The zero-order valence-corrected chi connectivity index (χ0v) is 10.6. The minimum absolute atomic E-state index is 0.427. The highest BCUT2D eigenvalue weighted by Gasteiger charge is 2.12. The van der Waals surface area contributed by atoms with Gasteiger partial charge < -0.3 is 15.0 Å². The van der Waals surface area contributed by atoms with Gasteiger partial charge in [-0.3, -0.25) is 4.99 Å². The molecule has 1 aliphatic heterocycles. The molecule has 18 heavy (non-hydrogen) atoms. The van der Waals surface area contributed by atoms with Gasteiger partial charge >= 0.3 is 0 Å². The third-order valence-corrected chi connectivity index (χ3v) is 3.09. The van der Waals surface area contributed by atoms with Gasteiger partial charge in [0.2, 0.25) is 0 Å². The van der Waals surface area contributed by atoms with Gasteiger partial charge in [-0.05, 0) is 26.0 Å². The second-order valence-electron chi connectivity index (χ2n) is 4.72. The van der Waals surface area contributed by atoms with E-state index in [0.29, 0.717) is 12.6 Å². The van der Waals surface area contributed by atoms with E-state index in [1.54, 1.807) is 0 Å². The molecule has 5 heteroatoms. The zero-order chi connectivity index (χ0) is 12.5. The van der Waals surface area contributed by atoms with Gasteiger partial charge in [-0.1, -0.05) is 6.07 Å². The zero-order valence-electron chi connectivity index (χ0n) is 10.6. The summed E-state index contributed by atoms with van der Waals surface area (Å²) >= 11 is 0. The molecule has 0 aromatic carbocycles. The highest BCUT2D eigenvalue weighted by molar-refractivity contribution is 5.81. The number of aromatic nitrogens is 2. The van der Waals surface area contributed by atoms with Crippen LogP contribution in [0.2, 0.25) is 0 Å². The fourth-order valence-corrected chi connectivity index (χ4v) is 2.12. The van der Waals surface area contributed by atoms with Crippen molar-refractivity contribution < 1.29 is 0 Å². The summed E-state index contributed by atoms with van der Waals surface area (Å²) in [7, 11) is 0. The van der Waals surface area contributed by atoms with Crippen molar-refractivity contribution in [3.8, 4) is 0 Å². The third-order valence-electron chi connectivity index (χ3n) is 3.09. The maximum Gasteiger partial charge on any atom is 0.191 e. The van der Waals surface area contributed by atoms with Crippen LogP contribution in [0.4, 0.5) is 0 Å². The van der Waals surface area contributed by atoms with E-state index in [-0.39, 0.29) is 0 Å². The van der Waals surface area contributed by atoms with E-state index in [0.717, 1.165) is 23.8 Å². The van der Waals surface area contributed by atoms with Crippen molar-refractivity contribution in [1.29, 1.82) is 0 Å². The molecule has 1 aliphatic rings. The maximum absolute atomic E-state index is 4.57. The Bertz CT molecular complexity index is 598. The molecule has 0 amide bonds. The van der Waals surface area contributed by atoms with E-state index in [4.69, 9.17) is 0 Å². The summed E-state index contributed by atoms with van der Waals surface area (Å²) < 4.78 is 2.10. The molecule has 2 N–H and O–H groups in total. The van der Waals surface area contributed by atoms with Gasteiger partial charge in [-0.2, -0.15) is 0 Å². The summed E-state index contributed by atoms with van der Waals surface area (Å²) in [6, 6.07) is 6.55. The molecule has 3 heterocycles. The number of aliphatic imine (C=N–C) groups is 1. The second kappa shape index (κ2) is 4.33. The van der Waals surface area contributed by atoms with Crippen molar-refractivity contribution in [2.45, 2.75) is 26.4 Å². The first-order valence-electron chi connectivity index (χ1n) is 6.21. The third kappa shape index (κ3) is 2.03. The SMILES string of the molecule is Cc1cccc2nc(CNC3=NCC(C)N3)cn12. The van der Waals surface area contributed by atoms with Crippen LogP contribution in [-0.2, 0) is 6.54 Å². The van der Waals surface area contributed by atoms with Crippen molar-refractivity contribution in [3.05, 3.63) is 35.8 Å². The number of nitrogens with zero attached hydrogens (tertiary/aromatic N) is 3. The molecule has 0 radical (unpaired) electrons. The standard InChI is InChI=1S/C13H17N5/c1-9-6-14-13(16-9)15-7-11-8-18-10(2)4-3-5-12(18)17-11/h3-5,8-9H,6-7H2,1-2H3,(H2,14,15,16). The number of hydrogen-bond acceptors (Lipinski definition) is 4. The van der Waals surface area contributed by atoms with Gasteiger partial charge in [0.1, 0.15) is 5.65 Å². The molecular formula is C13H17N5. The van der Waals surface area contributed by atoms with Crippen LogP contribution in [0.1, 0.15) is 18.3 Å². The van der Waals surface area contributed by atoms with Gasteiger partial charge in [0.05, 0.1) is 18.8 Å². The molecule has 1 unspecified atom stereocenters. The fraction of sp³-hybridized carbons (Fsp3) is 0.385. The average molecular weight is 243 g/mol. The summed E-state index contributed by atoms with van der Waals surface area (Å²) in [4.78, 5) is 8.93. The molecule has 0 aliphatic carbocycles. The largest absolute Gasteiger partial charge is 0.352 e. The highest BCUT2D eigenvalue weighted by Crippen LogP contribution is 2.08. The molecule has 0 saturated carbocycles. The summed E-state index contributed by atoms with van der Waals surface area (Å²) in [6.07, 6.45) is 2.07. The lowest BCUT2D eigenvalue weighted by Gasteiger charge is -2.06. The van der Waals surface area contributed by atoms with Gasteiger partial charge in [0.15, 0.2) is 5.96 Å². The Morgan fingerprint density at radius 3 is 3.11 bits per heavy atom. The number of imidazole rings is 1. The molecule has 94 valence electrons. The maximum atomic E-state index is 4.57. The van der Waals surface area contributed by atoms with Gasteiger partial charge in [0.25, 0.3) is 0 Å². The normalized spacial score (nSPS) is 18.8. The van der Waals surface area contributed by atoms with Crippen LogP contribution in [0, 0.1) is 6.92 Å². The smallest absolute Gasteiger partial charge is 0.191 e. The molecule has 2 aromatic heterocycles. The molecule has 0 saturated heterocycles. The van der Waals surface area contributed by atoms with Crippen molar-refractivity contribution in [2.75, 3.05) is 6.54 Å². The lowest BCUT2D eigenvalue weighted by Crippen LogP contribution is -2.37. The van der Waals surface area contributed by atoms with Crippen LogP contribution in [-0.4, -0.2) is 27.9 Å². The Morgan fingerprint density at radius 1 is 1.50 bits per heavy atom. The number of aryl methyl sites for hydroxylation is 1. The van der Waals surface area contributed by atoms with Crippen LogP contribution in [0.5, 0.6) is 0 Å². The predicted molar refractivity (Wildman–Crippen MR) is 71.7 cm³/mol. The Kier molecular flexibility index (Phi) is 2.66. The molecule has 1 atom stereocenters. The predicted octanol–water partition coefficient (Wildman–Crippen LogP) is 1.08. The minimum Gasteiger partial charge on any atom is -0.352 e. The van der Waals surface area contributed by atoms with Crippen molar-refractivity contribution in [2.24, 2.45) is 4.99 Å². The Morgan fingerprint density at radius 2 is 2.39 bits per heavy atom. The first-order valence-corrected chi connectivity index (χ1v) is 6.21. The van der Waals surface area contributed by atoms with Crippen LogP contribution in [0.15, 0.2) is 29.4 Å². The molecule has 2 aromatic rings. The molecule has 0 bridgehead atoms. The molecule has 5 nitrogen and oxygen atoms in total.